The Morgan fingerprint density at radius 2 is 2.11 bits per heavy atom. The van der Waals surface area contributed by atoms with Crippen LogP contribution >= 0.6 is 11.8 Å². The molecule has 3 atom stereocenters. The first kappa shape index (κ1) is 11.2. The highest BCUT2D eigenvalue weighted by molar-refractivity contribution is 7.99. The van der Waals surface area contributed by atoms with Crippen LogP contribution in [0.1, 0.15) is 30.9 Å². The van der Waals surface area contributed by atoms with Crippen LogP contribution < -0.4 is 0 Å². The van der Waals surface area contributed by atoms with Crippen molar-refractivity contribution in [2.45, 2.75) is 31.6 Å². The molecule has 4 rings (SSSR count). The first-order valence-corrected chi connectivity index (χ1v) is 8.27. The average molecular weight is 256 g/mol. The number of hydrogen-bond acceptors (Lipinski definition) is 1. The molecule has 0 N–H and O–H groups in total. The molecule has 1 heteroatoms. The Balaban J connectivity index is 2.00. The van der Waals surface area contributed by atoms with Crippen molar-refractivity contribution in [3.63, 3.8) is 0 Å². The monoisotopic (exact) mass is 256 g/mol. The van der Waals surface area contributed by atoms with Gasteiger partial charge in [0.2, 0.25) is 0 Å². The number of aryl methyl sites for hydroxylation is 1. The van der Waals surface area contributed by atoms with E-state index in [9.17, 15) is 0 Å². The predicted octanol–water partition coefficient (Wildman–Crippen LogP) is 4.20. The summed E-state index contributed by atoms with van der Waals surface area (Å²) in [5.41, 5.74) is 4.29. The summed E-state index contributed by atoms with van der Waals surface area (Å²) in [5, 5.41) is 0. The minimum Gasteiger partial charge on any atom is -0.160 e. The fourth-order valence-electron chi connectivity index (χ4n) is 4.76. The highest BCUT2D eigenvalue weighted by Crippen LogP contribution is 2.64. The van der Waals surface area contributed by atoms with Crippen LogP contribution in [0.3, 0.4) is 0 Å². The van der Waals surface area contributed by atoms with Crippen molar-refractivity contribution in [2.75, 3.05) is 11.5 Å². The number of hydrogen-bond donors (Lipinski definition) is 0. The van der Waals surface area contributed by atoms with Gasteiger partial charge in [0.05, 0.1) is 0 Å². The quantitative estimate of drug-likeness (QED) is 0.627. The number of allylic oxidation sites excluding steroid dienone is 2. The molecule has 0 radical (unpaired) electrons. The fourth-order valence-corrected chi connectivity index (χ4v) is 6.82. The molecule has 94 valence electrons. The van der Waals surface area contributed by atoms with E-state index in [2.05, 4.69) is 55.1 Å². The van der Waals surface area contributed by atoms with Gasteiger partial charge in [-0.05, 0) is 41.7 Å². The summed E-state index contributed by atoms with van der Waals surface area (Å²) in [4.78, 5) is 0. The molecule has 0 aromatic heterocycles. The molecule has 1 aliphatic heterocycles. The first-order chi connectivity index (χ1) is 8.79. The van der Waals surface area contributed by atoms with E-state index in [0.29, 0.717) is 16.7 Å². The fraction of sp³-hybridized carbons (Fsp3) is 0.529. The lowest BCUT2D eigenvalue weighted by Gasteiger charge is -2.54. The van der Waals surface area contributed by atoms with Crippen molar-refractivity contribution in [1.82, 2.24) is 0 Å². The lowest BCUT2D eigenvalue weighted by Crippen LogP contribution is -2.53. The maximum absolute atomic E-state index is 2.48. The van der Waals surface area contributed by atoms with Gasteiger partial charge >= 0.3 is 0 Å². The third-order valence-electron chi connectivity index (χ3n) is 5.74. The van der Waals surface area contributed by atoms with Gasteiger partial charge in [-0.25, -0.2) is 0 Å². The topological polar surface area (TPSA) is 0 Å². The lowest BCUT2D eigenvalue weighted by molar-refractivity contribution is 0.103. The molecule has 0 spiro atoms. The molecule has 1 aromatic rings. The standard InChI is InChI=1S/C17H20S/c1-13-5-4-9-16-10-8-14-6-2-3-7-15(14)17(13,16)12-18-11-16/h2-7,13H,8-12H2,1H3/t13-,16-,17-/m0/s1. The smallest absolute Gasteiger partial charge is 0.0173 e. The summed E-state index contributed by atoms with van der Waals surface area (Å²) >= 11 is 2.19. The molecule has 0 unspecified atom stereocenters. The Bertz CT molecular complexity index is 518. The third kappa shape index (κ3) is 1.15. The minimum absolute atomic E-state index is 0.432. The summed E-state index contributed by atoms with van der Waals surface area (Å²) in [6.07, 6.45) is 8.93. The molecule has 0 bridgehead atoms. The van der Waals surface area contributed by atoms with E-state index in [1.807, 2.05) is 0 Å². The zero-order valence-electron chi connectivity index (χ0n) is 11.0. The molecular weight excluding hydrogens is 236 g/mol. The van der Waals surface area contributed by atoms with Gasteiger partial charge < -0.3 is 0 Å². The Labute approximate surface area is 114 Å². The van der Waals surface area contributed by atoms with Gasteiger partial charge in [-0.15, -0.1) is 0 Å². The number of rotatable bonds is 0. The van der Waals surface area contributed by atoms with Crippen LogP contribution in [-0.4, -0.2) is 11.5 Å². The van der Waals surface area contributed by atoms with E-state index in [1.54, 1.807) is 11.1 Å². The predicted molar refractivity (Wildman–Crippen MR) is 79.1 cm³/mol. The van der Waals surface area contributed by atoms with E-state index in [1.165, 1.54) is 30.8 Å². The summed E-state index contributed by atoms with van der Waals surface area (Å²) < 4.78 is 0. The Hall–Kier alpha value is -0.690. The zero-order valence-corrected chi connectivity index (χ0v) is 11.8. The second-order valence-corrected chi connectivity index (χ2v) is 7.31. The van der Waals surface area contributed by atoms with Crippen molar-refractivity contribution in [2.24, 2.45) is 11.3 Å². The minimum atomic E-state index is 0.432. The van der Waals surface area contributed by atoms with Crippen LogP contribution in [0.15, 0.2) is 36.4 Å². The second-order valence-electron chi connectivity index (χ2n) is 6.32. The van der Waals surface area contributed by atoms with Crippen LogP contribution in [0.4, 0.5) is 0 Å². The van der Waals surface area contributed by atoms with Gasteiger partial charge in [0.1, 0.15) is 0 Å². The van der Waals surface area contributed by atoms with Crippen LogP contribution in [0.25, 0.3) is 0 Å². The molecule has 0 nitrogen and oxygen atoms in total. The van der Waals surface area contributed by atoms with Crippen LogP contribution in [0.2, 0.25) is 0 Å². The maximum Gasteiger partial charge on any atom is 0.0173 e. The van der Waals surface area contributed by atoms with E-state index in [4.69, 9.17) is 0 Å². The SMILES string of the molecule is C[C@H]1C=CC[C@@]23CCc4ccccc4[C@]12CSC3. The zero-order chi connectivity index (χ0) is 12.2. The van der Waals surface area contributed by atoms with Crippen LogP contribution in [0, 0.1) is 11.3 Å². The molecule has 2 aliphatic carbocycles. The summed E-state index contributed by atoms with van der Waals surface area (Å²) in [6.45, 7) is 2.44. The molecule has 3 aliphatic rings. The average Bonchev–Trinajstić information content (AvgIpc) is 2.81. The largest absolute Gasteiger partial charge is 0.160 e. The summed E-state index contributed by atoms with van der Waals surface area (Å²) in [6, 6.07) is 9.25. The van der Waals surface area contributed by atoms with Gasteiger partial charge in [0.25, 0.3) is 0 Å². The van der Waals surface area contributed by atoms with Gasteiger partial charge in [-0.1, -0.05) is 43.3 Å². The van der Waals surface area contributed by atoms with Crippen molar-refractivity contribution in [3.8, 4) is 0 Å². The molecular formula is C17H20S. The van der Waals surface area contributed by atoms with Crippen molar-refractivity contribution < 1.29 is 0 Å². The van der Waals surface area contributed by atoms with Gasteiger partial charge in [0, 0.05) is 16.9 Å². The Kier molecular flexibility index (Phi) is 2.27. The number of fused-ring (bicyclic) bond motifs is 1. The molecule has 1 saturated heterocycles. The molecule has 1 fully saturated rings. The Morgan fingerprint density at radius 1 is 1.22 bits per heavy atom. The highest BCUT2D eigenvalue weighted by atomic mass is 32.2. The molecule has 1 aromatic carbocycles. The van der Waals surface area contributed by atoms with Gasteiger partial charge in [-0.2, -0.15) is 11.8 Å². The third-order valence-corrected chi connectivity index (χ3v) is 7.15. The lowest BCUT2D eigenvalue weighted by atomic mass is 9.48. The maximum atomic E-state index is 2.48. The van der Waals surface area contributed by atoms with Crippen molar-refractivity contribution in [1.29, 1.82) is 0 Å². The Morgan fingerprint density at radius 3 is 3.06 bits per heavy atom. The van der Waals surface area contributed by atoms with E-state index in [-0.39, 0.29) is 0 Å². The second kappa shape index (κ2) is 3.66. The van der Waals surface area contributed by atoms with Crippen molar-refractivity contribution >= 4 is 11.8 Å². The summed E-state index contributed by atoms with van der Waals surface area (Å²) in [7, 11) is 0. The normalized spacial score (nSPS) is 41.1. The molecule has 0 saturated carbocycles. The van der Waals surface area contributed by atoms with Gasteiger partial charge in [-0.3, -0.25) is 0 Å². The molecule has 1 heterocycles. The summed E-state index contributed by atoms with van der Waals surface area (Å²) in [5.74, 6) is 3.40. The number of thioether (sulfide) groups is 1. The van der Waals surface area contributed by atoms with Crippen LogP contribution in [0.5, 0.6) is 0 Å². The first-order valence-electron chi connectivity index (χ1n) is 7.11. The molecule has 0 amide bonds. The highest BCUT2D eigenvalue weighted by Gasteiger charge is 2.60. The van der Waals surface area contributed by atoms with Crippen LogP contribution in [-0.2, 0) is 11.8 Å². The van der Waals surface area contributed by atoms with E-state index < -0.39 is 0 Å². The van der Waals surface area contributed by atoms with E-state index in [0.717, 1.165) is 0 Å². The van der Waals surface area contributed by atoms with Crippen molar-refractivity contribution in [3.05, 3.63) is 47.5 Å². The van der Waals surface area contributed by atoms with Gasteiger partial charge in [0.15, 0.2) is 0 Å². The molecule has 18 heavy (non-hydrogen) atoms. The van der Waals surface area contributed by atoms with E-state index >= 15 is 0 Å². The number of benzene rings is 1.